The van der Waals surface area contributed by atoms with Crippen LogP contribution in [0.2, 0.25) is 0 Å². The van der Waals surface area contributed by atoms with Gasteiger partial charge in [-0.15, -0.1) is 0 Å². The molecule has 2 heterocycles. The second kappa shape index (κ2) is 9.94. The van der Waals surface area contributed by atoms with Crippen molar-refractivity contribution in [1.29, 1.82) is 0 Å². The number of ether oxygens (including phenoxy) is 2. The first-order valence-corrected chi connectivity index (χ1v) is 10.2. The fourth-order valence-electron chi connectivity index (χ4n) is 4.10. The highest BCUT2D eigenvalue weighted by Gasteiger charge is 2.28. The van der Waals surface area contributed by atoms with Crippen molar-refractivity contribution in [3.63, 3.8) is 0 Å². The minimum absolute atomic E-state index is 0.0417. The molecule has 1 unspecified atom stereocenters. The van der Waals surface area contributed by atoms with Crippen LogP contribution in [0.4, 0.5) is 0 Å². The molecule has 1 aromatic rings. The normalized spacial score (nSPS) is 21.8. The molecule has 6 heteroatoms. The van der Waals surface area contributed by atoms with Crippen LogP contribution in [0.5, 0.6) is 11.5 Å². The maximum atomic E-state index is 12.6. The Balaban J connectivity index is 1.48. The first-order chi connectivity index (χ1) is 13.6. The Kier molecular flexibility index (Phi) is 7.34. The predicted octanol–water partition coefficient (Wildman–Crippen LogP) is 2.35. The van der Waals surface area contributed by atoms with Crippen LogP contribution in [0, 0.1) is 0 Å². The summed E-state index contributed by atoms with van der Waals surface area (Å²) >= 11 is 0. The standard InChI is InChI=1S/C22H33N3O3/c1-4-6-18-8-9-20(21(15-18)27-3)28-17-22(26)25-13-11-24(12-14-25)19-7-5-10-23(2)16-19/h4,6,8-9,15,19H,5,7,10-14,16-17H2,1-3H3/b6-4+. The first kappa shape index (κ1) is 20.7. The van der Waals surface area contributed by atoms with Crippen LogP contribution in [0.15, 0.2) is 24.3 Å². The third-order valence-corrected chi connectivity index (χ3v) is 5.68. The van der Waals surface area contributed by atoms with Gasteiger partial charge in [0.15, 0.2) is 18.1 Å². The van der Waals surface area contributed by atoms with E-state index in [4.69, 9.17) is 9.47 Å². The summed E-state index contributed by atoms with van der Waals surface area (Å²) in [4.78, 5) is 19.5. The summed E-state index contributed by atoms with van der Waals surface area (Å²) in [5.41, 5.74) is 1.04. The molecular formula is C22H33N3O3. The number of hydrogen-bond donors (Lipinski definition) is 0. The molecule has 154 valence electrons. The van der Waals surface area contributed by atoms with Crippen molar-refractivity contribution in [3.05, 3.63) is 29.8 Å². The molecule has 3 rings (SSSR count). The lowest BCUT2D eigenvalue weighted by Crippen LogP contribution is -2.56. The fourth-order valence-corrected chi connectivity index (χ4v) is 4.10. The Morgan fingerprint density at radius 2 is 1.96 bits per heavy atom. The van der Waals surface area contributed by atoms with Gasteiger partial charge in [-0.05, 0) is 51.1 Å². The number of benzene rings is 1. The van der Waals surface area contributed by atoms with E-state index in [1.54, 1.807) is 7.11 Å². The smallest absolute Gasteiger partial charge is 0.260 e. The van der Waals surface area contributed by atoms with Crippen LogP contribution in [0.3, 0.4) is 0 Å². The Labute approximate surface area is 168 Å². The Bertz CT molecular complexity index is 684. The SMILES string of the molecule is C/C=C/c1ccc(OCC(=O)N2CCN(C3CCCN(C)C3)CC2)c(OC)c1. The van der Waals surface area contributed by atoms with E-state index < -0.39 is 0 Å². The Morgan fingerprint density at radius 1 is 1.18 bits per heavy atom. The first-order valence-electron chi connectivity index (χ1n) is 10.2. The lowest BCUT2D eigenvalue weighted by Gasteiger charge is -2.42. The molecule has 0 spiro atoms. The molecule has 6 nitrogen and oxygen atoms in total. The zero-order chi connectivity index (χ0) is 19.9. The van der Waals surface area contributed by atoms with Crippen LogP contribution in [0.25, 0.3) is 6.08 Å². The summed E-state index contributed by atoms with van der Waals surface area (Å²) in [6.07, 6.45) is 6.51. The second-order valence-corrected chi connectivity index (χ2v) is 7.67. The molecule has 0 saturated carbocycles. The van der Waals surface area contributed by atoms with Gasteiger partial charge in [-0.25, -0.2) is 0 Å². The number of methoxy groups -OCH3 is 1. The van der Waals surface area contributed by atoms with E-state index in [0.29, 0.717) is 17.5 Å². The number of carbonyl (C=O) groups is 1. The van der Waals surface area contributed by atoms with Crippen molar-refractivity contribution in [1.82, 2.24) is 14.7 Å². The molecule has 1 amide bonds. The number of allylic oxidation sites excluding steroid dienone is 1. The summed E-state index contributed by atoms with van der Waals surface area (Å²) in [5, 5.41) is 0. The van der Waals surface area contributed by atoms with Crippen LogP contribution >= 0.6 is 0 Å². The summed E-state index contributed by atoms with van der Waals surface area (Å²) in [6, 6.07) is 6.37. The molecule has 2 aliphatic heterocycles. The highest BCUT2D eigenvalue weighted by Crippen LogP contribution is 2.28. The van der Waals surface area contributed by atoms with Crippen LogP contribution in [-0.4, -0.2) is 86.7 Å². The van der Waals surface area contributed by atoms with E-state index in [1.807, 2.05) is 42.2 Å². The summed E-state index contributed by atoms with van der Waals surface area (Å²) in [7, 11) is 3.81. The Morgan fingerprint density at radius 3 is 2.64 bits per heavy atom. The number of piperidine rings is 1. The van der Waals surface area contributed by atoms with E-state index in [2.05, 4.69) is 16.8 Å². The average molecular weight is 388 g/mol. The van der Waals surface area contributed by atoms with Crippen LogP contribution < -0.4 is 9.47 Å². The number of amides is 1. The van der Waals surface area contributed by atoms with Gasteiger partial charge in [0.25, 0.3) is 5.91 Å². The van der Waals surface area contributed by atoms with Gasteiger partial charge in [0, 0.05) is 38.8 Å². The number of likely N-dealkylation sites (N-methyl/N-ethyl adjacent to an activating group) is 1. The van der Waals surface area contributed by atoms with E-state index in [0.717, 1.165) is 38.3 Å². The zero-order valence-electron chi connectivity index (χ0n) is 17.4. The highest BCUT2D eigenvalue weighted by molar-refractivity contribution is 5.78. The molecule has 0 bridgehead atoms. The van der Waals surface area contributed by atoms with Crippen molar-refractivity contribution in [2.24, 2.45) is 0 Å². The molecule has 1 atom stereocenters. The topological polar surface area (TPSA) is 45.2 Å². The van der Waals surface area contributed by atoms with E-state index in [-0.39, 0.29) is 12.5 Å². The van der Waals surface area contributed by atoms with Crippen molar-refractivity contribution in [3.8, 4) is 11.5 Å². The van der Waals surface area contributed by atoms with Crippen LogP contribution in [-0.2, 0) is 4.79 Å². The number of rotatable bonds is 6. The zero-order valence-corrected chi connectivity index (χ0v) is 17.4. The summed E-state index contributed by atoms with van der Waals surface area (Å²) < 4.78 is 11.2. The molecule has 0 aliphatic carbocycles. The molecule has 1 aromatic carbocycles. The van der Waals surface area contributed by atoms with Crippen molar-refractivity contribution in [2.75, 3.05) is 60.0 Å². The van der Waals surface area contributed by atoms with Gasteiger partial charge in [0.2, 0.25) is 0 Å². The van der Waals surface area contributed by atoms with Crippen LogP contribution in [0.1, 0.15) is 25.3 Å². The minimum Gasteiger partial charge on any atom is -0.493 e. The molecule has 2 saturated heterocycles. The molecule has 0 aromatic heterocycles. The molecule has 28 heavy (non-hydrogen) atoms. The van der Waals surface area contributed by atoms with Gasteiger partial charge in [0.05, 0.1) is 7.11 Å². The van der Waals surface area contributed by atoms with Crippen molar-refractivity contribution >= 4 is 12.0 Å². The molecule has 0 N–H and O–H groups in total. The summed E-state index contributed by atoms with van der Waals surface area (Å²) in [6.45, 7) is 7.82. The molecule has 2 aliphatic rings. The van der Waals surface area contributed by atoms with Gasteiger partial charge in [-0.1, -0.05) is 18.2 Å². The molecule has 2 fully saturated rings. The molecule has 0 radical (unpaired) electrons. The lowest BCUT2D eigenvalue weighted by molar-refractivity contribution is -0.135. The monoisotopic (exact) mass is 387 g/mol. The van der Waals surface area contributed by atoms with Crippen molar-refractivity contribution in [2.45, 2.75) is 25.8 Å². The van der Waals surface area contributed by atoms with Gasteiger partial charge < -0.3 is 19.3 Å². The fraction of sp³-hybridized carbons (Fsp3) is 0.591. The number of nitrogens with zero attached hydrogens (tertiary/aromatic N) is 3. The van der Waals surface area contributed by atoms with Gasteiger partial charge in [-0.2, -0.15) is 0 Å². The van der Waals surface area contributed by atoms with Gasteiger partial charge in [0.1, 0.15) is 0 Å². The van der Waals surface area contributed by atoms with Gasteiger partial charge in [-0.3, -0.25) is 9.69 Å². The third-order valence-electron chi connectivity index (χ3n) is 5.68. The quantitative estimate of drug-likeness (QED) is 0.750. The Hall–Kier alpha value is -2.05. The maximum absolute atomic E-state index is 12.6. The minimum atomic E-state index is 0.0417. The third kappa shape index (κ3) is 5.26. The second-order valence-electron chi connectivity index (χ2n) is 7.67. The highest BCUT2D eigenvalue weighted by atomic mass is 16.5. The number of hydrogen-bond acceptors (Lipinski definition) is 5. The summed E-state index contributed by atoms with van der Waals surface area (Å²) in [5.74, 6) is 1.29. The average Bonchev–Trinajstić information content (AvgIpc) is 2.73. The largest absolute Gasteiger partial charge is 0.493 e. The van der Waals surface area contributed by atoms with E-state index in [1.165, 1.54) is 19.4 Å². The maximum Gasteiger partial charge on any atom is 0.260 e. The van der Waals surface area contributed by atoms with E-state index >= 15 is 0 Å². The van der Waals surface area contributed by atoms with E-state index in [9.17, 15) is 4.79 Å². The molecular weight excluding hydrogens is 354 g/mol. The van der Waals surface area contributed by atoms with Crippen molar-refractivity contribution < 1.29 is 14.3 Å². The predicted molar refractivity (Wildman–Crippen MR) is 112 cm³/mol. The number of carbonyl (C=O) groups excluding carboxylic acids is 1. The number of likely N-dealkylation sites (tertiary alicyclic amines) is 1. The lowest BCUT2D eigenvalue weighted by atomic mass is 10.0. The van der Waals surface area contributed by atoms with Gasteiger partial charge >= 0.3 is 0 Å². The number of piperazine rings is 1.